The largest absolute Gasteiger partial charge is 0.494 e. The second kappa shape index (κ2) is 8.80. The van der Waals surface area contributed by atoms with Gasteiger partial charge >= 0.3 is 0 Å². The van der Waals surface area contributed by atoms with E-state index in [2.05, 4.69) is 20.3 Å². The molecule has 0 amide bonds. The molecule has 134 valence electrons. The Hall–Kier alpha value is -3.15. The van der Waals surface area contributed by atoms with Gasteiger partial charge in [0.1, 0.15) is 11.6 Å². The summed E-state index contributed by atoms with van der Waals surface area (Å²) in [4.78, 5) is 15.1. The molecule has 0 aliphatic carbocycles. The lowest BCUT2D eigenvalue weighted by Gasteiger charge is -2.17. The fourth-order valence-electron chi connectivity index (χ4n) is 2.50. The number of hydrogen-bond donors (Lipinski definition) is 1. The Bertz CT molecular complexity index is 808. The van der Waals surface area contributed by atoms with Crippen molar-refractivity contribution in [2.45, 2.75) is 13.3 Å². The van der Waals surface area contributed by atoms with Crippen LogP contribution in [0.5, 0.6) is 5.75 Å². The van der Waals surface area contributed by atoms with Crippen LogP contribution in [0, 0.1) is 0 Å². The molecule has 0 bridgehead atoms. The van der Waals surface area contributed by atoms with Crippen molar-refractivity contribution >= 4 is 17.5 Å². The summed E-state index contributed by atoms with van der Waals surface area (Å²) in [5, 5.41) is 3.30. The molecule has 0 atom stereocenters. The van der Waals surface area contributed by atoms with Crippen molar-refractivity contribution in [3.05, 3.63) is 66.6 Å². The van der Waals surface area contributed by atoms with Crippen LogP contribution in [0.2, 0.25) is 0 Å². The Kier molecular flexibility index (Phi) is 5.98. The van der Waals surface area contributed by atoms with Gasteiger partial charge in [-0.15, -0.1) is 0 Å². The van der Waals surface area contributed by atoms with Crippen LogP contribution in [-0.4, -0.2) is 35.2 Å². The van der Waals surface area contributed by atoms with Crippen LogP contribution in [0.3, 0.4) is 0 Å². The number of nitrogens with zero attached hydrogens (tertiary/aromatic N) is 4. The predicted molar refractivity (Wildman–Crippen MR) is 104 cm³/mol. The highest BCUT2D eigenvalue weighted by atomic mass is 16.5. The standard InChI is InChI=1S/C20H23N5O/c1-3-26-18-6-4-17(5-7-18)23-19-10-14-22-20(24-19)25(2)15-11-16-8-12-21-13-9-16/h4-10,12-14H,3,11,15H2,1-2H3,(H,22,23,24). The third kappa shape index (κ3) is 4.92. The fraction of sp³-hybridized carbons (Fsp3) is 0.250. The zero-order valence-electron chi connectivity index (χ0n) is 15.1. The molecule has 3 rings (SSSR count). The van der Waals surface area contributed by atoms with E-state index in [1.807, 2.05) is 73.7 Å². The third-order valence-electron chi connectivity index (χ3n) is 3.91. The zero-order chi connectivity index (χ0) is 18.2. The van der Waals surface area contributed by atoms with E-state index in [9.17, 15) is 0 Å². The number of nitrogens with one attached hydrogen (secondary N) is 1. The molecule has 0 saturated carbocycles. The topological polar surface area (TPSA) is 63.2 Å². The number of anilines is 3. The van der Waals surface area contributed by atoms with Crippen LogP contribution in [0.15, 0.2) is 61.1 Å². The van der Waals surface area contributed by atoms with Crippen molar-refractivity contribution in [1.29, 1.82) is 0 Å². The summed E-state index contributed by atoms with van der Waals surface area (Å²) >= 11 is 0. The first kappa shape index (κ1) is 17.7. The summed E-state index contributed by atoms with van der Waals surface area (Å²) in [6.45, 7) is 3.46. The van der Waals surface area contributed by atoms with Gasteiger partial charge in [-0.05, 0) is 61.4 Å². The summed E-state index contributed by atoms with van der Waals surface area (Å²) in [5.74, 6) is 2.31. The number of rotatable bonds is 8. The van der Waals surface area contributed by atoms with Gasteiger partial charge in [-0.3, -0.25) is 4.98 Å². The van der Waals surface area contributed by atoms with Crippen molar-refractivity contribution < 1.29 is 4.74 Å². The van der Waals surface area contributed by atoms with Crippen molar-refractivity contribution in [3.63, 3.8) is 0 Å². The van der Waals surface area contributed by atoms with Crippen LogP contribution >= 0.6 is 0 Å². The quantitative estimate of drug-likeness (QED) is 0.669. The number of hydrogen-bond acceptors (Lipinski definition) is 6. The smallest absolute Gasteiger partial charge is 0.227 e. The van der Waals surface area contributed by atoms with Gasteiger partial charge in [0.15, 0.2) is 0 Å². The van der Waals surface area contributed by atoms with E-state index >= 15 is 0 Å². The zero-order valence-corrected chi connectivity index (χ0v) is 15.1. The van der Waals surface area contributed by atoms with E-state index in [-0.39, 0.29) is 0 Å². The highest BCUT2D eigenvalue weighted by Crippen LogP contribution is 2.20. The first-order valence-corrected chi connectivity index (χ1v) is 8.67. The van der Waals surface area contributed by atoms with Crippen molar-refractivity contribution in [2.24, 2.45) is 0 Å². The molecule has 6 nitrogen and oxygen atoms in total. The van der Waals surface area contributed by atoms with E-state index < -0.39 is 0 Å². The molecule has 0 aliphatic heterocycles. The van der Waals surface area contributed by atoms with Gasteiger partial charge in [0.2, 0.25) is 5.95 Å². The maximum absolute atomic E-state index is 5.46. The Morgan fingerprint density at radius 1 is 1.00 bits per heavy atom. The van der Waals surface area contributed by atoms with Gasteiger partial charge in [0.25, 0.3) is 0 Å². The Labute approximate surface area is 153 Å². The van der Waals surface area contributed by atoms with Crippen LogP contribution in [0.4, 0.5) is 17.5 Å². The fourth-order valence-corrected chi connectivity index (χ4v) is 2.50. The van der Waals surface area contributed by atoms with Gasteiger partial charge < -0.3 is 15.0 Å². The molecule has 0 saturated heterocycles. The number of likely N-dealkylation sites (N-methyl/N-ethyl adjacent to an activating group) is 1. The maximum atomic E-state index is 5.46. The lowest BCUT2D eigenvalue weighted by atomic mass is 10.2. The minimum atomic E-state index is 0.661. The van der Waals surface area contributed by atoms with Crippen LogP contribution in [0.1, 0.15) is 12.5 Å². The van der Waals surface area contributed by atoms with Crippen LogP contribution in [0.25, 0.3) is 0 Å². The molecule has 1 aromatic carbocycles. The number of benzene rings is 1. The average Bonchev–Trinajstić information content (AvgIpc) is 2.69. The van der Waals surface area contributed by atoms with E-state index in [1.165, 1.54) is 5.56 Å². The number of pyridine rings is 1. The molecular formula is C20H23N5O. The van der Waals surface area contributed by atoms with E-state index in [4.69, 9.17) is 4.74 Å². The molecular weight excluding hydrogens is 326 g/mol. The lowest BCUT2D eigenvalue weighted by Crippen LogP contribution is -2.22. The van der Waals surface area contributed by atoms with Crippen LogP contribution in [-0.2, 0) is 6.42 Å². The van der Waals surface area contributed by atoms with Crippen molar-refractivity contribution in [3.8, 4) is 5.75 Å². The predicted octanol–water partition coefficient (Wildman–Crippen LogP) is 3.69. The molecule has 26 heavy (non-hydrogen) atoms. The Morgan fingerprint density at radius 2 is 1.77 bits per heavy atom. The monoisotopic (exact) mass is 349 g/mol. The van der Waals surface area contributed by atoms with Crippen molar-refractivity contribution in [2.75, 3.05) is 30.4 Å². The molecule has 2 heterocycles. The highest BCUT2D eigenvalue weighted by molar-refractivity contribution is 5.58. The first-order valence-electron chi connectivity index (χ1n) is 8.67. The van der Waals surface area contributed by atoms with E-state index in [0.717, 1.165) is 30.2 Å². The van der Waals surface area contributed by atoms with E-state index in [0.29, 0.717) is 12.6 Å². The van der Waals surface area contributed by atoms with Gasteiger partial charge in [0.05, 0.1) is 6.61 Å². The van der Waals surface area contributed by atoms with Crippen molar-refractivity contribution in [1.82, 2.24) is 15.0 Å². The molecule has 0 aliphatic rings. The molecule has 6 heteroatoms. The molecule has 1 N–H and O–H groups in total. The van der Waals surface area contributed by atoms with Gasteiger partial charge in [-0.1, -0.05) is 0 Å². The molecule has 2 aromatic heterocycles. The molecule has 0 unspecified atom stereocenters. The van der Waals surface area contributed by atoms with Gasteiger partial charge in [-0.25, -0.2) is 4.98 Å². The highest BCUT2D eigenvalue weighted by Gasteiger charge is 2.06. The Morgan fingerprint density at radius 3 is 2.50 bits per heavy atom. The summed E-state index contributed by atoms with van der Waals surface area (Å²) in [6, 6.07) is 13.7. The number of ether oxygens (including phenoxy) is 1. The summed E-state index contributed by atoms with van der Waals surface area (Å²) < 4.78 is 5.46. The van der Waals surface area contributed by atoms with Gasteiger partial charge in [-0.2, -0.15) is 4.98 Å². The minimum Gasteiger partial charge on any atom is -0.494 e. The lowest BCUT2D eigenvalue weighted by molar-refractivity contribution is 0.340. The molecule has 0 fully saturated rings. The maximum Gasteiger partial charge on any atom is 0.227 e. The Balaban J connectivity index is 1.61. The first-order chi connectivity index (χ1) is 12.7. The second-order valence-electron chi connectivity index (χ2n) is 5.85. The number of aromatic nitrogens is 3. The summed E-state index contributed by atoms with van der Waals surface area (Å²) in [5.41, 5.74) is 2.20. The third-order valence-corrected chi connectivity index (χ3v) is 3.91. The van der Waals surface area contributed by atoms with E-state index in [1.54, 1.807) is 6.20 Å². The van der Waals surface area contributed by atoms with Crippen LogP contribution < -0.4 is 15.0 Å². The van der Waals surface area contributed by atoms with Gasteiger partial charge in [0, 0.05) is 37.9 Å². The SMILES string of the molecule is CCOc1ccc(Nc2ccnc(N(C)CCc3ccncc3)n2)cc1. The molecule has 3 aromatic rings. The average molecular weight is 349 g/mol. The summed E-state index contributed by atoms with van der Waals surface area (Å²) in [6.07, 6.45) is 6.31. The normalized spacial score (nSPS) is 10.4. The molecule has 0 spiro atoms. The minimum absolute atomic E-state index is 0.661. The molecule has 0 radical (unpaired) electrons. The second-order valence-corrected chi connectivity index (χ2v) is 5.85. The summed E-state index contributed by atoms with van der Waals surface area (Å²) in [7, 11) is 2.00.